The van der Waals surface area contributed by atoms with E-state index in [0.717, 1.165) is 0 Å². The minimum atomic E-state index is -3.53. The first-order valence-electron chi connectivity index (χ1n) is 9.57. The van der Waals surface area contributed by atoms with Crippen LogP contribution in [0, 0.1) is 0 Å². The minimum Gasteiger partial charge on any atom is -0.497 e. The number of amides is 1. The van der Waals surface area contributed by atoms with Crippen LogP contribution in [0.3, 0.4) is 0 Å². The van der Waals surface area contributed by atoms with Gasteiger partial charge >= 0.3 is 0 Å². The Kier molecular flexibility index (Phi) is 8.04. The highest BCUT2D eigenvalue weighted by atomic mass is 32.2. The summed E-state index contributed by atoms with van der Waals surface area (Å²) in [5.74, 6) is 0.865. The first-order chi connectivity index (χ1) is 13.8. The molecule has 1 amide bonds. The van der Waals surface area contributed by atoms with Gasteiger partial charge in [0.1, 0.15) is 11.5 Å². The zero-order valence-corrected chi connectivity index (χ0v) is 18.0. The highest BCUT2D eigenvalue weighted by molar-refractivity contribution is 7.89. The molecule has 7 nitrogen and oxygen atoms in total. The van der Waals surface area contributed by atoms with Crippen molar-refractivity contribution in [2.45, 2.75) is 38.2 Å². The van der Waals surface area contributed by atoms with Gasteiger partial charge in [-0.05, 0) is 42.8 Å². The zero-order valence-electron chi connectivity index (χ0n) is 17.2. The SMILES string of the molecule is CC[C@@H](Oc1cccc(OC)c1)C(=O)Nc1ccc(S(=O)(=O)N(CC)CC)cc1. The lowest BCUT2D eigenvalue weighted by molar-refractivity contribution is -0.122. The highest BCUT2D eigenvalue weighted by Gasteiger charge is 2.22. The largest absolute Gasteiger partial charge is 0.497 e. The van der Waals surface area contributed by atoms with Crippen molar-refractivity contribution in [3.63, 3.8) is 0 Å². The number of carbonyl (C=O) groups is 1. The van der Waals surface area contributed by atoms with Crippen LogP contribution < -0.4 is 14.8 Å². The van der Waals surface area contributed by atoms with E-state index in [4.69, 9.17) is 9.47 Å². The van der Waals surface area contributed by atoms with Gasteiger partial charge in [-0.25, -0.2) is 8.42 Å². The highest BCUT2D eigenvalue weighted by Crippen LogP contribution is 2.22. The summed E-state index contributed by atoms with van der Waals surface area (Å²) < 4.78 is 37.4. The van der Waals surface area contributed by atoms with E-state index >= 15 is 0 Å². The molecule has 2 aromatic rings. The van der Waals surface area contributed by atoms with Crippen LogP contribution in [-0.2, 0) is 14.8 Å². The number of ether oxygens (including phenoxy) is 2. The van der Waals surface area contributed by atoms with Gasteiger partial charge in [0.15, 0.2) is 6.10 Å². The van der Waals surface area contributed by atoms with Crippen molar-refractivity contribution in [3.05, 3.63) is 48.5 Å². The van der Waals surface area contributed by atoms with Crippen LogP contribution in [0.1, 0.15) is 27.2 Å². The molecule has 158 valence electrons. The maximum Gasteiger partial charge on any atom is 0.265 e. The van der Waals surface area contributed by atoms with E-state index in [1.54, 1.807) is 57.4 Å². The third kappa shape index (κ3) is 5.71. The van der Waals surface area contributed by atoms with E-state index in [1.165, 1.54) is 16.4 Å². The van der Waals surface area contributed by atoms with Crippen LogP contribution >= 0.6 is 0 Å². The number of nitrogens with zero attached hydrogens (tertiary/aromatic N) is 1. The number of hydrogen-bond acceptors (Lipinski definition) is 5. The predicted molar refractivity (Wildman–Crippen MR) is 113 cm³/mol. The van der Waals surface area contributed by atoms with Crippen molar-refractivity contribution < 1.29 is 22.7 Å². The van der Waals surface area contributed by atoms with Crippen LogP contribution in [-0.4, -0.2) is 44.9 Å². The van der Waals surface area contributed by atoms with Gasteiger partial charge in [0.05, 0.1) is 12.0 Å². The minimum absolute atomic E-state index is 0.193. The van der Waals surface area contributed by atoms with Gasteiger partial charge in [-0.1, -0.05) is 26.8 Å². The Hall–Kier alpha value is -2.58. The molecule has 0 aromatic heterocycles. The predicted octanol–water partition coefficient (Wildman–Crippen LogP) is 3.52. The average Bonchev–Trinajstić information content (AvgIpc) is 2.73. The van der Waals surface area contributed by atoms with Crippen molar-refractivity contribution in [3.8, 4) is 11.5 Å². The third-order valence-corrected chi connectivity index (χ3v) is 6.51. The number of anilines is 1. The number of hydrogen-bond donors (Lipinski definition) is 1. The summed E-state index contributed by atoms with van der Waals surface area (Å²) in [5, 5.41) is 2.77. The molecular formula is C21H28N2O5S. The summed E-state index contributed by atoms with van der Waals surface area (Å²) in [6.07, 6.45) is -0.224. The summed E-state index contributed by atoms with van der Waals surface area (Å²) in [6.45, 7) is 6.24. The molecule has 1 atom stereocenters. The van der Waals surface area contributed by atoms with Crippen LogP contribution in [0.5, 0.6) is 11.5 Å². The molecule has 0 saturated heterocycles. The van der Waals surface area contributed by atoms with Crippen LogP contribution in [0.15, 0.2) is 53.4 Å². The van der Waals surface area contributed by atoms with Gasteiger partial charge in [0, 0.05) is 24.8 Å². The molecule has 0 fully saturated rings. The Bertz CT molecular complexity index is 909. The van der Waals surface area contributed by atoms with Crippen molar-refractivity contribution >= 4 is 21.6 Å². The van der Waals surface area contributed by atoms with E-state index < -0.39 is 16.1 Å². The first kappa shape index (κ1) is 22.7. The summed E-state index contributed by atoms with van der Waals surface area (Å²) >= 11 is 0. The van der Waals surface area contributed by atoms with Gasteiger partial charge in [-0.3, -0.25) is 4.79 Å². The molecule has 2 rings (SSSR count). The second kappa shape index (κ2) is 10.3. The van der Waals surface area contributed by atoms with Crippen molar-refractivity contribution in [2.75, 3.05) is 25.5 Å². The van der Waals surface area contributed by atoms with Crippen molar-refractivity contribution in [1.29, 1.82) is 0 Å². The lowest BCUT2D eigenvalue weighted by Gasteiger charge is -2.19. The normalized spacial score (nSPS) is 12.4. The first-order valence-corrected chi connectivity index (χ1v) is 11.0. The van der Waals surface area contributed by atoms with Gasteiger partial charge < -0.3 is 14.8 Å². The number of methoxy groups -OCH3 is 1. The second-order valence-electron chi connectivity index (χ2n) is 6.30. The molecule has 1 N–H and O–H groups in total. The standard InChI is InChI=1S/C21H28N2O5S/c1-5-20(28-18-10-8-9-17(15-18)27-4)21(24)22-16-11-13-19(14-12-16)29(25,26)23(6-2)7-3/h8-15,20H,5-7H2,1-4H3,(H,22,24)/t20-/m1/s1. The monoisotopic (exact) mass is 420 g/mol. The molecule has 29 heavy (non-hydrogen) atoms. The topological polar surface area (TPSA) is 84.9 Å². The molecule has 0 unspecified atom stereocenters. The Morgan fingerprint density at radius 2 is 1.66 bits per heavy atom. The Morgan fingerprint density at radius 3 is 2.21 bits per heavy atom. The maximum absolute atomic E-state index is 12.6. The number of nitrogens with one attached hydrogen (secondary N) is 1. The number of rotatable bonds is 10. The fourth-order valence-electron chi connectivity index (χ4n) is 2.81. The smallest absolute Gasteiger partial charge is 0.265 e. The van der Waals surface area contributed by atoms with E-state index in [0.29, 0.717) is 36.7 Å². The molecule has 0 heterocycles. The molecule has 0 radical (unpaired) electrons. The number of sulfonamides is 1. The molecule has 0 aliphatic rings. The quantitative estimate of drug-likeness (QED) is 0.636. The van der Waals surface area contributed by atoms with Gasteiger partial charge in [-0.15, -0.1) is 0 Å². The molecule has 0 aliphatic carbocycles. The van der Waals surface area contributed by atoms with E-state index in [-0.39, 0.29) is 10.8 Å². The Balaban J connectivity index is 2.08. The third-order valence-electron chi connectivity index (χ3n) is 4.45. The van der Waals surface area contributed by atoms with Crippen LogP contribution in [0.4, 0.5) is 5.69 Å². The van der Waals surface area contributed by atoms with Gasteiger partial charge in [-0.2, -0.15) is 4.31 Å². The fraction of sp³-hybridized carbons (Fsp3) is 0.381. The zero-order chi connectivity index (χ0) is 21.4. The Morgan fingerprint density at radius 1 is 1.03 bits per heavy atom. The van der Waals surface area contributed by atoms with E-state index in [9.17, 15) is 13.2 Å². The number of benzene rings is 2. The lowest BCUT2D eigenvalue weighted by Crippen LogP contribution is -2.32. The molecule has 0 bridgehead atoms. The summed E-state index contributed by atoms with van der Waals surface area (Å²) in [6, 6.07) is 13.2. The lowest BCUT2D eigenvalue weighted by atomic mass is 10.2. The summed E-state index contributed by atoms with van der Waals surface area (Å²) in [4.78, 5) is 12.8. The molecule has 2 aromatic carbocycles. The fourth-order valence-corrected chi connectivity index (χ4v) is 4.26. The van der Waals surface area contributed by atoms with Crippen molar-refractivity contribution in [2.24, 2.45) is 0 Å². The summed E-state index contributed by atoms with van der Waals surface area (Å²) in [7, 11) is -1.97. The number of carbonyl (C=O) groups excluding carboxylic acids is 1. The van der Waals surface area contributed by atoms with Crippen molar-refractivity contribution in [1.82, 2.24) is 4.31 Å². The average molecular weight is 421 g/mol. The molecule has 8 heteroatoms. The summed E-state index contributed by atoms with van der Waals surface area (Å²) in [5.41, 5.74) is 0.501. The van der Waals surface area contributed by atoms with E-state index in [1.807, 2.05) is 6.92 Å². The van der Waals surface area contributed by atoms with Gasteiger partial charge in [0.2, 0.25) is 10.0 Å². The second-order valence-corrected chi connectivity index (χ2v) is 8.23. The maximum atomic E-state index is 12.6. The van der Waals surface area contributed by atoms with E-state index in [2.05, 4.69) is 5.32 Å². The van der Waals surface area contributed by atoms with Gasteiger partial charge in [0.25, 0.3) is 5.91 Å². The molecule has 0 saturated carbocycles. The molecule has 0 spiro atoms. The van der Waals surface area contributed by atoms with Crippen LogP contribution in [0.25, 0.3) is 0 Å². The molecule has 0 aliphatic heterocycles. The Labute approximate surface area is 172 Å². The molecular weight excluding hydrogens is 392 g/mol. The van der Waals surface area contributed by atoms with Crippen LogP contribution in [0.2, 0.25) is 0 Å².